The number of hydrogen-bond acceptors (Lipinski definition) is 8. The molecule has 1 aromatic carbocycles. The highest BCUT2D eigenvalue weighted by atomic mass is 19.1. The molecule has 45 heavy (non-hydrogen) atoms. The molecule has 3 amide bonds. The predicted octanol–water partition coefficient (Wildman–Crippen LogP) is 3.62. The number of aldehydes is 1. The molecule has 5 atom stereocenters. The van der Waals surface area contributed by atoms with Gasteiger partial charge in [-0.15, -0.1) is 0 Å². The molecule has 244 valence electrons. The molecule has 0 aromatic heterocycles. The summed E-state index contributed by atoms with van der Waals surface area (Å²) < 4.78 is 25.6. The number of amides is 3. The Bertz CT molecular complexity index is 1400. The zero-order valence-corrected chi connectivity index (χ0v) is 25.8. The van der Waals surface area contributed by atoms with Gasteiger partial charge >= 0.3 is 18.2 Å². The lowest BCUT2D eigenvalue weighted by Gasteiger charge is -2.41. The van der Waals surface area contributed by atoms with Crippen molar-refractivity contribution in [2.75, 3.05) is 6.54 Å². The van der Waals surface area contributed by atoms with E-state index in [4.69, 9.17) is 9.47 Å². The molecule has 13 heteroatoms. The van der Waals surface area contributed by atoms with Crippen molar-refractivity contribution in [1.29, 1.82) is 0 Å². The van der Waals surface area contributed by atoms with Crippen molar-refractivity contribution in [3.05, 3.63) is 47.3 Å². The summed E-state index contributed by atoms with van der Waals surface area (Å²) in [4.78, 5) is 68.4. The standard InChI is InChI=1S/C32H41FN4O8/c1-30(2,3)45-28(42)35-31(19-38)13-8-6-4-5-7-11-21-15-32(21,27(40)41)34-26(39)25-14-22(17-37(25)31)44-29(43)36-16-20-10-9-12-24(33)23(20)18-36/h7,9-12,19,21-22,25H,4-6,8,13-18H2,1-3H3,(H,34,39)(H,35,42)(H,40,41)/b11-7-/t21-,22-,25+,31+,32?/m1/s1. The van der Waals surface area contributed by atoms with E-state index >= 15 is 0 Å². The summed E-state index contributed by atoms with van der Waals surface area (Å²) in [7, 11) is 0. The molecule has 1 aromatic rings. The van der Waals surface area contributed by atoms with Gasteiger partial charge in [0, 0.05) is 31.0 Å². The van der Waals surface area contributed by atoms with Crippen molar-refractivity contribution in [2.45, 2.75) is 108 Å². The van der Waals surface area contributed by atoms with E-state index in [1.54, 1.807) is 32.9 Å². The van der Waals surface area contributed by atoms with Crippen LogP contribution in [0.2, 0.25) is 0 Å². The zero-order chi connectivity index (χ0) is 32.6. The molecule has 0 spiro atoms. The van der Waals surface area contributed by atoms with Crippen LogP contribution in [0.3, 0.4) is 0 Å². The smallest absolute Gasteiger partial charge is 0.410 e. The summed E-state index contributed by atoms with van der Waals surface area (Å²) in [6, 6.07) is 3.51. The van der Waals surface area contributed by atoms with Gasteiger partial charge in [-0.05, 0) is 64.5 Å². The lowest BCUT2D eigenvalue weighted by molar-refractivity contribution is -0.145. The second-order valence-electron chi connectivity index (χ2n) is 13.4. The molecular weight excluding hydrogens is 587 g/mol. The van der Waals surface area contributed by atoms with Gasteiger partial charge in [0.2, 0.25) is 5.91 Å². The number of halogens is 1. The lowest BCUT2D eigenvalue weighted by Crippen LogP contribution is -2.66. The van der Waals surface area contributed by atoms with Crippen molar-refractivity contribution in [2.24, 2.45) is 5.92 Å². The monoisotopic (exact) mass is 628 g/mol. The fraction of sp³-hybridized carbons (Fsp3) is 0.594. The molecule has 1 saturated carbocycles. The molecule has 12 nitrogen and oxygen atoms in total. The van der Waals surface area contributed by atoms with Crippen molar-refractivity contribution in [1.82, 2.24) is 20.4 Å². The van der Waals surface area contributed by atoms with Gasteiger partial charge < -0.3 is 19.9 Å². The first-order valence-electron chi connectivity index (χ1n) is 15.4. The highest BCUT2D eigenvalue weighted by Gasteiger charge is 2.62. The van der Waals surface area contributed by atoms with E-state index in [9.17, 15) is 33.5 Å². The largest absolute Gasteiger partial charge is 0.479 e. The minimum absolute atomic E-state index is 0.0235. The number of nitrogens with one attached hydrogen (secondary N) is 2. The third-order valence-electron chi connectivity index (χ3n) is 8.98. The van der Waals surface area contributed by atoms with E-state index in [2.05, 4.69) is 10.6 Å². The summed E-state index contributed by atoms with van der Waals surface area (Å²) >= 11 is 0. The maximum atomic E-state index is 14.3. The third-order valence-corrected chi connectivity index (χ3v) is 8.98. The summed E-state index contributed by atoms with van der Waals surface area (Å²) in [5, 5.41) is 15.5. The zero-order valence-electron chi connectivity index (χ0n) is 25.8. The van der Waals surface area contributed by atoms with Gasteiger partial charge in [-0.25, -0.2) is 18.8 Å². The molecule has 3 heterocycles. The number of carbonyl (C=O) groups excluding carboxylic acids is 4. The Morgan fingerprint density at radius 1 is 1.18 bits per heavy atom. The SMILES string of the molecule is CC(C)(C)OC(=O)N[C@@]1(C=O)CCCCC/C=C\[C@@H]2CC2(C(=O)O)NC(=O)[C@@H]2C[C@@H](OC(=O)N3Cc4cccc(F)c4C3)CN21. The topological polar surface area (TPSA) is 155 Å². The average Bonchev–Trinajstić information content (AvgIpc) is 3.27. The Morgan fingerprint density at radius 2 is 1.96 bits per heavy atom. The van der Waals surface area contributed by atoms with Crippen LogP contribution in [0.15, 0.2) is 30.4 Å². The second-order valence-corrected chi connectivity index (χ2v) is 13.4. The number of alkyl carbamates (subject to hydrolysis) is 1. The summed E-state index contributed by atoms with van der Waals surface area (Å²) in [5.74, 6) is -2.63. The minimum atomic E-state index is -1.71. The molecule has 0 radical (unpaired) electrons. The molecular formula is C32H41FN4O8. The molecule has 4 aliphatic rings. The number of hydrogen-bond donors (Lipinski definition) is 3. The van der Waals surface area contributed by atoms with Gasteiger partial charge in [0.15, 0.2) is 11.9 Å². The average molecular weight is 629 g/mol. The number of fused-ring (bicyclic) bond motifs is 3. The number of nitrogens with zero attached hydrogens (tertiary/aromatic N) is 2. The van der Waals surface area contributed by atoms with Crippen LogP contribution in [-0.2, 0) is 36.9 Å². The van der Waals surface area contributed by atoms with Crippen LogP contribution in [0.4, 0.5) is 14.0 Å². The summed E-state index contributed by atoms with van der Waals surface area (Å²) in [6.45, 7) is 5.13. The maximum absolute atomic E-state index is 14.3. The van der Waals surface area contributed by atoms with E-state index < -0.39 is 64.7 Å². The first-order chi connectivity index (χ1) is 21.3. The first kappa shape index (κ1) is 32.4. The quantitative estimate of drug-likeness (QED) is 0.335. The Balaban J connectivity index is 1.43. The van der Waals surface area contributed by atoms with Gasteiger partial charge in [-0.1, -0.05) is 30.7 Å². The Hall–Kier alpha value is -4.00. The number of benzene rings is 1. The number of ether oxygens (including phenoxy) is 2. The van der Waals surface area contributed by atoms with E-state index in [0.717, 1.165) is 6.42 Å². The second kappa shape index (κ2) is 12.4. The van der Waals surface area contributed by atoms with Crippen molar-refractivity contribution in [3.63, 3.8) is 0 Å². The summed E-state index contributed by atoms with van der Waals surface area (Å²) in [6.07, 6.45) is 4.84. The Morgan fingerprint density at radius 3 is 2.64 bits per heavy atom. The number of carboxylic acid groups (broad SMARTS) is 1. The van der Waals surface area contributed by atoms with Gasteiger partial charge in [0.05, 0.1) is 12.6 Å². The molecule has 3 aliphatic heterocycles. The van der Waals surface area contributed by atoms with Crippen LogP contribution in [0.1, 0.15) is 76.8 Å². The molecule has 3 N–H and O–H groups in total. The molecule has 1 unspecified atom stereocenters. The van der Waals surface area contributed by atoms with Gasteiger partial charge in [0.1, 0.15) is 23.1 Å². The maximum Gasteiger partial charge on any atom is 0.410 e. The molecule has 1 saturated heterocycles. The molecule has 0 bridgehead atoms. The Labute approximate surface area is 261 Å². The van der Waals surface area contributed by atoms with Crippen molar-refractivity contribution < 1.29 is 42.9 Å². The number of aliphatic carboxylic acids is 1. The van der Waals surface area contributed by atoms with Crippen LogP contribution in [-0.4, -0.2) is 80.7 Å². The van der Waals surface area contributed by atoms with Crippen LogP contribution < -0.4 is 10.6 Å². The minimum Gasteiger partial charge on any atom is -0.479 e. The molecule has 2 fully saturated rings. The number of carbonyl (C=O) groups is 5. The van der Waals surface area contributed by atoms with Crippen LogP contribution in [0.5, 0.6) is 0 Å². The van der Waals surface area contributed by atoms with Gasteiger partial charge in [-0.3, -0.25) is 24.7 Å². The lowest BCUT2D eigenvalue weighted by atomic mass is 9.98. The van der Waals surface area contributed by atoms with E-state index in [0.29, 0.717) is 36.7 Å². The van der Waals surface area contributed by atoms with Crippen molar-refractivity contribution in [3.8, 4) is 0 Å². The van der Waals surface area contributed by atoms with E-state index in [1.165, 1.54) is 15.9 Å². The predicted molar refractivity (Wildman–Crippen MR) is 158 cm³/mol. The number of allylic oxidation sites excluding steroid dienone is 1. The highest BCUT2D eigenvalue weighted by Crippen LogP contribution is 2.46. The molecule has 1 aliphatic carbocycles. The van der Waals surface area contributed by atoms with Crippen LogP contribution in [0, 0.1) is 11.7 Å². The number of rotatable bonds is 4. The van der Waals surface area contributed by atoms with Gasteiger partial charge in [-0.2, -0.15) is 0 Å². The first-order valence-corrected chi connectivity index (χ1v) is 15.4. The fourth-order valence-corrected chi connectivity index (χ4v) is 6.57. The van der Waals surface area contributed by atoms with E-state index in [-0.39, 0.29) is 38.9 Å². The summed E-state index contributed by atoms with van der Waals surface area (Å²) in [5.41, 5.74) is -3.00. The van der Waals surface area contributed by atoms with Crippen molar-refractivity contribution >= 4 is 30.3 Å². The van der Waals surface area contributed by atoms with E-state index in [1.807, 2.05) is 12.2 Å². The normalized spacial score (nSPS) is 30.9. The van der Waals surface area contributed by atoms with Gasteiger partial charge in [0.25, 0.3) is 0 Å². The third kappa shape index (κ3) is 6.82. The fourth-order valence-electron chi connectivity index (χ4n) is 6.57. The Kier molecular flexibility index (Phi) is 8.94. The highest BCUT2D eigenvalue weighted by molar-refractivity contribution is 5.93. The van der Waals surface area contributed by atoms with Crippen LogP contribution in [0.25, 0.3) is 0 Å². The number of carboxylic acids is 1. The molecule has 5 rings (SSSR count). The van der Waals surface area contributed by atoms with Crippen LogP contribution >= 0.6 is 0 Å².